The zero-order valence-corrected chi connectivity index (χ0v) is 13.0. The molecule has 3 N–H and O–H groups in total. The highest BCUT2D eigenvalue weighted by Gasteiger charge is 2.29. The molecule has 2 rings (SSSR count). The van der Waals surface area contributed by atoms with Crippen molar-refractivity contribution in [3.8, 4) is 0 Å². The lowest BCUT2D eigenvalue weighted by Crippen LogP contribution is -2.31. The van der Waals surface area contributed by atoms with Crippen LogP contribution < -0.4 is 16.0 Å². The molecule has 2 amide bonds. The summed E-state index contributed by atoms with van der Waals surface area (Å²) in [6, 6.07) is 6.98. The van der Waals surface area contributed by atoms with Crippen LogP contribution in [0.15, 0.2) is 24.3 Å². The quantitative estimate of drug-likeness (QED) is 0.672. The average Bonchev–Trinajstić information content (AvgIpc) is 3.29. The maximum Gasteiger partial charge on any atom is 0.251 e. The third kappa shape index (κ3) is 5.73. The number of rotatable bonds is 7. The van der Waals surface area contributed by atoms with Crippen molar-refractivity contribution in [1.29, 1.82) is 0 Å². The van der Waals surface area contributed by atoms with Gasteiger partial charge in [-0.15, -0.1) is 12.4 Å². The summed E-state index contributed by atoms with van der Waals surface area (Å²) in [6.07, 6.45) is 1.97. The van der Waals surface area contributed by atoms with Gasteiger partial charge in [0.2, 0.25) is 5.91 Å². The monoisotopic (exact) mass is 311 g/mol. The Morgan fingerprint density at radius 2 is 1.81 bits per heavy atom. The van der Waals surface area contributed by atoms with E-state index in [-0.39, 0.29) is 30.1 Å². The summed E-state index contributed by atoms with van der Waals surface area (Å²) in [5.74, 6) is 0.167. The predicted octanol–water partition coefficient (Wildman–Crippen LogP) is 1.80. The molecule has 1 aromatic rings. The van der Waals surface area contributed by atoms with Crippen molar-refractivity contribution >= 4 is 29.9 Å². The Kier molecular flexibility index (Phi) is 7.19. The van der Waals surface area contributed by atoms with Crippen LogP contribution in [-0.4, -0.2) is 31.4 Å². The highest BCUT2D eigenvalue weighted by atomic mass is 35.5. The number of carbonyl (C=O) groups is 2. The van der Waals surface area contributed by atoms with Crippen LogP contribution in [0.5, 0.6) is 0 Å². The number of benzene rings is 1. The van der Waals surface area contributed by atoms with Gasteiger partial charge in [0, 0.05) is 30.3 Å². The summed E-state index contributed by atoms with van der Waals surface area (Å²) in [5.41, 5.74) is 1.34. The summed E-state index contributed by atoms with van der Waals surface area (Å²) >= 11 is 0. The Labute approximate surface area is 131 Å². The van der Waals surface area contributed by atoms with Crippen LogP contribution in [0, 0.1) is 5.92 Å². The molecular weight excluding hydrogens is 290 g/mol. The fourth-order valence-electron chi connectivity index (χ4n) is 1.84. The Morgan fingerprint density at radius 3 is 2.38 bits per heavy atom. The fourth-order valence-corrected chi connectivity index (χ4v) is 1.84. The maximum atomic E-state index is 11.8. The van der Waals surface area contributed by atoms with Crippen molar-refractivity contribution in [3.05, 3.63) is 29.8 Å². The van der Waals surface area contributed by atoms with Crippen LogP contribution >= 0.6 is 12.4 Å². The van der Waals surface area contributed by atoms with E-state index in [1.54, 1.807) is 24.3 Å². The van der Waals surface area contributed by atoms with Crippen molar-refractivity contribution in [3.63, 3.8) is 0 Å². The number of halogens is 1. The predicted molar refractivity (Wildman–Crippen MR) is 85.9 cm³/mol. The van der Waals surface area contributed by atoms with Crippen LogP contribution in [0.1, 0.15) is 30.1 Å². The molecule has 6 heteroatoms. The Hall–Kier alpha value is -1.59. The summed E-state index contributed by atoms with van der Waals surface area (Å²) in [4.78, 5) is 23.4. The second kappa shape index (κ2) is 8.64. The molecule has 0 aromatic heterocycles. The number of amides is 2. The number of hydrogen-bond acceptors (Lipinski definition) is 3. The normalized spacial score (nSPS) is 13.2. The van der Waals surface area contributed by atoms with E-state index in [4.69, 9.17) is 0 Å². The number of likely N-dealkylation sites (N-methyl/N-ethyl adjacent to an activating group) is 1. The zero-order valence-electron chi connectivity index (χ0n) is 12.1. The van der Waals surface area contributed by atoms with Crippen molar-refractivity contribution < 1.29 is 9.59 Å². The van der Waals surface area contributed by atoms with Gasteiger partial charge in [-0.25, -0.2) is 0 Å². The van der Waals surface area contributed by atoms with Gasteiger partial charge in [-0.2, -0.15) is 0 Å². The smallest absolute Gasteiger partial charge is 0.251 e. The molecule has 0 bridgehead atoms. The summed E-state index contributed by atoms with van der Waals surface area (Å²) < 4.78 is 0. The van der Waals surface area contributed by atoms with Gasteiger partial charge in [0.25, 0.3) is 5.91 Å². The Bertz CT molecular complexity index is 472. The number of nitrogens with one attached hydrogen (secondary N) is 3. The minimum Gasteiger partial charge on any atom is -0.351 e. The summed E-state index contributed by atoms with van der Waals surface area (Å²) in [7, 11) is 0. The minimum atomic E-state index is -0.0945. The molecule has 21 heavy (non-hydrogen) atoms. The molecule has 1 aliphatic carbocycles. The van der Waals surface area contributed by atoms with Crippen molar-refractivity contribution in [2.24, 2.45) is 5.92 Å². The first-order valence-corrected chi connectivity index (χ1v) is 7.10. The molecule has 0 heterocycles. The van der Waals surface area contributed by atoms with Crippen molar-refractivity contribution in [2.45, 2.75) is 19.8 Å². The standard InChI is InChI=1S/C15H21N3O2.ClH/c1-2-16-9-10-17-14(19)11-5-7-13(8-6-11)18-15(20)12-3-4-12;/h5-8,12,16H,2-4,9-10H2,1H3,(H,17,19)(H,18,20);1H. The van der Waals surface area contributed by atoms with E-state index in [1.807, 2.05) is 6.92 Å². The topological polar surface area (TPSA) is 70.2 Å². The molecule has 0 aliphatic heterocycles. The average molecular weight is 312 g/mol. The number of carbonyl (C=O) groups excluding carboxylic acids is 2. The molecule has 0 spiro atoms. The van der Waals surface area contributed by atoms with Crippen LogP contribution in [-0.2, 0) is 4.79 Å². The van der Waals surface area contributed by atoms with Crippen LogP contribution in [0.2, 0.25) is 0 Å². The third-order valence-electron chi connectivity index (χ3n) is 3.20. The highest BCUT2D eigenvalue weighted by molar-refractivity contribution is 5.96. The molecule has 0 saturated heterocycles. The molecule has 0 unspecified atom stereocenters. The Balaban J connectivity index is 0.00000220. The lowest BCUT2D eigenvalue weighted by molar-refractivity contribution is -0.117. The van der Waals surface area contributed by atoms with Gasteiger partial charge in [0.05, 0.1) is 0 Å². The summed E-state index contributed by atoms with van der Waals surface area (Å²) in [6.45, 7) is 4.28. The molecule has 0 radical (unpaired) electrons. The van der Waals surface area contributed by atoms with Gasteiger partial charge in [0.15, 0.2) is 0 Å². The van der Waals surface area contributed by atoms with Crippen LogP contribution in [0.4, 0.5) is 5.69 Å². The zero-order chi connectivity index (χ0) is 14.4. The largest absolute Gasteiger partial charge is 0.351 e. The maximum absolute atomic E-state index is 11.8. The number of hydrogen-bond donors (Lipinski definition) is 3. The molecule has 1 saturated carbocycles. The Morgan fingerprint density at radius 1 is 1.14 bits per heavy atom. The van der Waals surface area contributed by atoms with Gasteiger partial charge in [-0.05, 0) is 43.7 Å². The van der Waals surface area contributed by atoms with Gasteiger partial charge < -0.3 is 16.0 Å². The van der Waals surface area contributed by atoms with Crippen molar-refractivity contribution in [1.82, 2.24) is 10.6 Å². The van der Waals surface area contributed by atoms with E-state index in [0.29, 0.717) is 12.1 Å². The van der Waals surface area contributed by atoms with E-state index >= 15 is 0 Å². The van der Waals surface area contributed by atoms with Gasteiger partial charge >= 0.3 is 0 Å². The molecule has 0 atom stereocenters. The first kappa shape index (κ1) is 17.5. The van der Waals surface area contributed by atoms with E-state index in [0.717, 1.165) is 31.6 Å². The first-order chi connectivity index (χ1) is 9.70. The lowest BCUT2D eigenvalue weighted by Gasteiger charge is -2.07. The molecular formula is C15H22ClN3O2. The second-order valence-corrected chi connectivity index (χ2v) is 4.95. The van der Waals surface area contributed by atoms with E-state index in [1.165, 1.54) is 0 Å². The molecule has 116 valence electrons. The van der Waals surface area contributed by atoms with Crippen molar-refractivity contribution in [2.75, 3.05) is 25.0 Å². The van der Waals surface area contributed by atoms with Gasteiger partial charge in [-0.1, -0.05) is 6.92 Å². The molecule has 1 aliphatic rings. The SMILES string of the molecule is CCNCCNC(=O)c1ccc(NC(=O)C2CC2)cc1.Cl. The highest BCUT2D eigenvalue weighted by Crippen LogP contribution is 2.30. The molecule has 5 nitrogen and oxygen atoms in total. The van der Waals surface area contributed by atoms with Gasteiger partial charge in [0.1, 0.15) is 0 Å². The van der Waals surface area contributed by atoms with Gasteiger partial charge in [-0.3, -0.25) is 9.59 Å². The first-order valence-electron chi connectivity index (χ1n) is 7.10. The number of anilines is 1. The lowest BCUT2D eigenvalue weighted by atomic mass is 10.2. The minimum absolute atomic E-state index is 0. The third-order valence-corrected chi connectivity index (χ3v) is 3.20. The van der Waals surface area contributed by atoms with E-state index < -0.39 is 0 Å². The van der Waals surface area contributed by atoms with Crippen LogP contribution in [0.25, 0.3) is 0 Å². The van der Waals surface area contributed by atoms with Crippen LogP contribution in [0.3, 0.4) is 0 Å². The van der Waals surface area contributed by atoms with E-state index in [2.05, 4.69) is 16.0 Å². The molecule has 1 aromatic carbocycles. The fraction of sp³-hybridized carbons (Fsp3) is 0.467. The second-order valence-electron chi connectivity index (χ2n) is 4.95. The van der Waals surface area contributed by atoms with E-state index in [9.17, 15) is 9.59 Å². The molecule has 1 fully saturated rings. The summed E-state index contributed by atoms with van der Waals surface area (Å²) in [5, 5.41) is 8.82.